The smallest absolute Gasteiger partial charge is 0.191 e. The van der Waals surface area contributed by atoms with Crippen LogP contribution >= 0.6 is 0 Å². The zero-order valence-corrected chi connectivity index (χ0v) is 18.6. The highest BCUT2D eigenvalue weighted by Crippen LogP contribution is 2.30. The van der Waals surface area contributed by atoms with Crippen molar-refractivity contribution in [3.63, 3.8) is 0 Å². The van der Waals surface area contributed by atoms with Crippen LogP contribution in [0.3, 0.4) is 0 Å². The van der Waals surface area contributed by atoms with Crippen molar-refractivity contribution in [1.82, 2.24) is 0 Å². The first kappa shape index (κ1) is 23.0. The van der Waals surface area contributed by atoms with Gasteiger partial charge in [0.2, 0.25) is 0 Å². The number of benzene rings is 3. The van der Waals surface area contributed by atoms with E-state index >= 15 is 0 Å². The molecule has 0 aliphatic heterocycles. The van der Waals surface area contributed by atoms with Crippen molar-refractivity contribution in [2.24, 2.45) is 0 Å². The maximum atomic E-state index is 9.58. The summed E-state index contributed by atoms with van der Waals surface area (Å²) in [6.45, 7) is 7.16. The Bertz CT molecular complexity index is 1120. The topological polar surface area (TPSA) is 75.3 Å². The van der Waals surface area contributed by atoms with E-state index in [1.165, 1.54) is 0 Å². The Kier molecular flexibility index (Phi) is 8.00. The van der Waals surface area contributed by atoms with E-state index in [0.29, 0.717) is 30.9 Å². The van der Waals surface area contributed by atoms with Crippen molar-refractivity contribution in [3.8, 4) is 40.1 Å². The van der Waals surface area contributed by atoms with E-state index in [0.717, 1.165) is 33.6 Å². The van der Waals surface area contributed by atoms with Gasteiger partial charge in [0.25, 0.3) is 0 Å². The molecule has 0 unspecified atom stereocenters. The standard InChI is InChI=1S/C27H26N2O3/c1-4-30-27(31-5-2)18-32-23-13-11-21(12-14-23)20-7-9-22(10-8-20)24-15-6-19(3)25(16-28)26(24)17-29/h6-15,27H,4-5,18H2,1-3H3. The molecule has 5 nitrogen and oxygen atoms in total. The highest BCUT2D eigenvalue weighted by atomic mass is 16.7. The summed E-state index contributed by atoms with van der Waals surface area (Å²) in [5.41, 5.74) is 5.42. The normalized spacial score (nSPS) is 10.6. The first-order valence-electron chi connectivity index (χ1n) is 10.6. The average molecular weight is 427 g/mol. The Hall–Kier alpha value is -3.64. The Morgan fingerprint density at radius 1 is 0.719 bits per heavy atom. The van der Waals surface area contributed by atoms with Gasteiger partial charge in [0.1, 0.15) is 24.5 Å². The fourth-order valence-electron chi connectivity index (χ4n) is 3.47. The molecule has 0 saturated heterocycles. The average Bonchev–Trinajstić information content (AvgIpc) is 2.83. The van der Waals surface area contributed by atoms with Crippen LogP contribution in [0.25, 0.3) is 22.3 Å². The number of hydrogen-bond donors (Lipinski definition) is 0. The molecular weight excluding hydrogens is 400 g/mol. The van der Waals surface area contributed by atoms with E-state index < -0.39 is 0 Å². The lowest BCUT2D eigenvalue weighted by molar-refractivity contribution is -0.152. The van der Waals surface area contributed by atoms with Gasteiger partial charge in [0, 0.05) is 18.8 Å². The molecule has 0 radical (unpaired) electrons. The molecule has 0 heterocycles. The molecule has 0 bridgehead atoms. The molecule has 0 N–H and O–H groups in total. The molecule has 3 aromatic rings. The van der Waals surface area contributed by atoms with Gasteiger partial charge >= 0.3 is 0 Å². The fourth-order valence-corrected chi connectivity index (χ4v) is 3.47. The largest absolute Gasteiger partial charge is 0.488 e. The summed E-state index contributed by atoms with van der Waals surface area (Å²) < 4.78 is 16.8. The van der Waals surface area contributed by atoms with Gasteiger partial charge in [-0.05, 0) is 55.2 Å². The summed E-state index contributed by atoms with van der Waals surface area (Å²) >= 11 is 0. The molecular formula is C27H26N2O3. The molecule has 32 heavy (non-hydrogen) atoms. The Morgan fingerprint density at radius 3 is 1.78 bits per heavy atom. The lowest BCUT2D eigenvalue weighted by Gasteiger charge is -2.17. The van der Waals surface area contributed by atoms with E-state index in [9.17, 15) is 10.5 Å². The van der Waals surface area contributed by atoms with Crippen LogP contribution in [0.5, 0.6) is 5.75 Å². The van der Waals surface area contributed by atoms with Crippen molar-refractivity contribution >= 4 is 0 Å². The van der Waals surface area contributed by atoms with Crippen LogP contribution in [0.1, 0.15) is 30.5 Å². The van der Waals surface area contributed by atoms with Gasteiger partial charge in [-0.2, -0.15) is 10.5 Å². The van der Waals surface area contributed by atoms with E-state index in [1.807, 2.05) is 81.4 Å². The van der Waals surface area contributed by atoms with Crippen molar-refractivity contribution in [2.45, 2.75) is 27.1 Å². The molecule has 0 aliphatic rings. The van der Waals surface area contributed by atoms with Crippen LogP contribution in [-0.4, -0.2) is 26.1 Å². The van der Waals surface area contributed by atoms with Crippen molar-refractivity contribution < 1.29 is 14.2 Å². The summed E-state index contributed by atoms with van der Waals surface area (Å²) in [4.78, 5) is 0. The lowest BCUT2D eigenvalue weighted by Crippen LogP contribution is -2.25. The van der Waals surface area contributed by atoms with Gasteiger partial charge in [-0.3, -0.25) is 0 Å². The quantitative estimate of drug-likeness (QED) is 0.401. The molecule has 5 heteroatoms. The van der Waals surface area contributed by atoms with Gasteiger partial charge in [-0.15, -0.1) is 0 Å². The number of nitrogens with zero attached hydrogens (tertiary/aromatic N) is 2. The fraction of sp³-hybridized carbons (Fsp3) is 0.259. The van der Waals surface area contributed by atoms with Gasteiger partial charge in [0.15, 0.2) is 6.29 Å². The van der Waals surface area contributed by atoms with E-state index in [4.69, 9.17) is 14.2 Å². The third kappa shape index (κ3) is 5.34. The van der Waals surface area contributed by atoms with Crippen LogP contribution in [0.4, 0.5) is 0 Å². The van der Waals surface area contributed by atoms with Crippen molar-refractivity contribution in [3.05, 3.63) is 77.4 Å². The lowest BCUT2D eigenvalue weighted by atomic mass is 9.92. The van der Waals surface area contributed by atoms with Crippen LogP contribution < -0.4 is 4.74 Å². The van der Waals surface area contributed by atoms with Gasteiger partial charge in [-0.1, -0.05) is 48.5 Å². The molecule has 3 aromatic carbocycles. The number of ether oxygens (including phenoxy) is 3. The summed E-state index contributed by atoms with van der Waals surface area (Å²) in [6.07, 6.45) is -0.376. The SMILES string of the molecule is CCOC(COc1ccc(-c2ccc(-c3ccc(C)c(C#N)c3C#N)cc2)cc1)OCC. The molecule has 0 aromatic heterocycles. The second kappa shape index (κ2) is 11.1. The molecule has 0 spiro atoms. The van der Waals surface area contributed by atoms with Crippen LogP contribution in [-0.2, 0) is 9.47 Å². The molecule has 0 aliphatic carbocycles. The summed E-state index contributed by atoms with van der Waals surface area (Å²) in [7, 11) is 0. The third-order valence-electron chi connectivity index (χ3n) is 5.11. The van der Waals surface area contributed by atoms with E-state index in [2.05, 4.69) is 12.1 Å². The van der Waals surface area contributed by atoms with Crippen LogP contribution in [0.2, 0.25) is 0 Å². The minimum absolute atomic E-state index is 0.332. The van der Waals surface area contributed by atoms with Crippen molar-refractivity contribution in [2.75, 3.05) is 19.8 Å². The predicted octanol–water partition coefficient (Wildman–Crippen LogP) is 5.85. The number of hydrogen-bond acceptors (Lipinski definition) is 5. The zero-order valence-electron chi connectivity index (χ0n) is 18.6. The van der Waals surface area contributed by atoms with Crippen molar-refractivity contribution in [1.29, 1.82) is 10.5 Å². The Labute approximate surface area is 189 Å². The second-order valence-corrected chi connectivity index (χ2v) is 7.16. The van der Waals surface area contributed by atoms with Crippen LogP contribution in [0.15, 0.2) is 60.7 Å². The summed E-state index contributed by atoms with van der Waals surface area (Å²) in [5, 5.41) is 19.0. The highest BCUT2D eigenvalue weighted by molar-refractivity contribution is 5.77. The first-order chi connectivity index (χ1) is 15.6. The highest BCUT2D eigenvalue weighted by Gasteiger charge is 2.13. The summed E-state index contributed by atoms with van der Waals surface area (Å²) in [6, 6.07) is 23.9. The Morgan fingerprint density at radius 2 is 1.25 bits per heavy atom. The first-order valence-corrected chi connectivity index (χ1v) is 10.6. The molecule has 0 fully saturated rings. The van der Waals surface area contributed by atoms with Crippen LogP contribution in [0, 0.1) is 29.6 Å². The Balaban J connectivity index is 1.75. The molecule has 3 rings (SSSR count). The third-order valence-corrected chi connectivity index (χ3v) is 5.11. The predicted molar refractivity (Wildman–Crippen MR) is 124 cm³/mol. The number of rotatable bonds is 9. The minimum atomic E-state index is -0.376. The van der Waals surface area contributed by atoms with Gasteiger partial charge in [-0.25, -0.2) is 0 Å². The monoisotopic (exact) mass is 426 g/mol. The van der Waals surface area contributed by atoms with E-state index in [1.54, 1.807) is 0 Å². The second-order valence-electron chi connectivity index (χ2n) is 7.16. The number of aryl methyl sites for hydroxylation is 1. The molecule has 0 atom stereocenters. The molecule has 162 valence electrons. The summed E-state index contributed by atoms with van der Waals surface area (Å²) in [5.74, 6) is 0.747. The number of nitriles is 2. The maximum absolute atomic E-state index is 9.58. The minimum Gasteiger partial charge on any atom is -0.488 e. The maximum Gasteiger partial charge on any atom is 0.191 e. The van der Waals surface area contributed by atoms with E-state index in [-0.39, 0.29) is 6.29 Å². The van der Waals surface area contributed by atoms with Gasteiger partial charge in [0.05, 0.1) is 11.1 Å². The zero-order chi connectivity index (χ0) is 22.9. The molecule has 0 amide bonds. The van der Waals surface area contributed by atoms with Gasteiger partial charge < -0.3 is 14.2 Å². The molecule has 0 saturated carbocycles.